The third-order valence-corrected chi connectivity index (χ3v) is 5.25. The number of anilines is 2. The van der Waals surface area contributed by atoms with Crippen LogP contribution < -0.4 is 10.2 Å². The number of aromatic nitrogens is 1. The van der Waals surface area contributed by atoms with Crippen molar-refractivity contribution in [3.63, 3.8) is 0 Å². The van der Waals surface area contributed by atoms with Crippen molar-refractivity contribution in [2.24, 2.45) is 0 Å². The van der Waals surface area contributed by atoms with Gasteiger partial charge < -0.3 is 20.1 Å². The van der Waals surface area contributed by atoms with Crippen LogP contribution in [0.5, 0.6) is 0 Å². The maximum absolute atomic E-state index is 13.2. The smallest absolute Gasteiger partial charge is 0.262 e. The Bertz CT molecular complexity index is 823. The van der Waals surface area contributed by atoms with Crippen molar-refractivity contribution in [2.45, 2.75) is 12.5 Å². The number of carbonyl (C=O) groups excluding carboxylic acids is 1. The lowest BCUT2D eigenvalue weighted by molar-refractivity contribution is 0.0171. The highest BCUT2D eigenvalue weighted by atomic mass is 16.5. The first kappa shape index (κ1) is 18.9. The standard InChI is InChI=1S/C21H26N4O3/c26-17(15-24-10-12-28-13-11-24)14-23-20-18(5-3-8-22-20)21(27)25-9-7-16-4-1-2-6-19(16)25/h1-6,8,17,26H,7,9-15H2,(H,22,23). The molecule has 7 nitrogen and oxygen atoms in total. The van der Waals surface area contributed by atoms with E-state index in [0.29, 0.717) is 44.2 Å². The highest BCUT2D eigenvalue weighted by molar-refractivity contribution is 6.10. The van der Waals surface area contributed by atoms with Crippen molar-refractivity contribution in [1.82, 2.24) is 9.88 Å². The second kappa shape index (κ2) is 8.68. The van der Waals surface area contributed by atoms with E-state index in [4.69, 9.17) is 4.74 Å². The van der Waals surface area contributed by atoms with E-state index in [-0.39, 0.29) is 5.91 Å². The van der Waals surface area contributed by atoms with Crippen molar-refractivity contribution in [3.05, 3.63) is 53.7 Å². The molecular formula is C21H26N4O3. The number of aliphatic hydroxyl groups excluding tert-OH is 1. The summed E-state index contributed by atoms with van der Waals surface area (Å²) in [4.78, 5) is 21.5. The van der Waals surface area contributed by atoms with Crippen LogP contribution >= 0.6 is 0 Å². The molecule has 2 N–H and O–H groups in total. The molecule has 0 saturated carbocycles. The predicted molar refractivity (Wildman–Crippen MR) is 108 cm³/mol. The molecule has 0 spiro atoms. The monoisotopic (exact) mass is 382 g/mol. The quantitative estimate of drug-likeness (QED) is 0.786. The lowest BCUT2D eigenvalue weighted by Gasteiger charge is -2.28. The fourth-order valence-electron chi connectivity index (χ4n) is 3.77. The lowest BCUT2D eigenvalue weighted by atomic mass is 10.1. The topological polar surface area (TPSA) is 77.9 Å². The zero-order chi connectivity index (χ0) is 19.3. The summed E-state index contributed by atoms with van der Waals surface area (Å²) in [6.07, 6.45) is 1.98. The highest BCUT2D eigenvalue weighted by Crippen LogP contribution is 2.29. The Morgan fingerprint density at radius 2 is 2.00 bits per heavy atom. The summed E-state index contributed by atoms with van der Waals surface area (Å²) in [5, 5.41) is 13.5. The van der Waals surface area contributed by atoms with Crippen LogP contribution in [-0.4, -0.2) is 72.9 Å². The van der Waals surface area contributed by atoms with E-state index < -0.39 is 6.10 Å². The largest absolute Gasteiger partial charge is 0.390 e. The van der Waals surface area contributed by atoms with Crippen LogP contribution in [0.3, 0.4) is 0 Å². The molecule has 1 aromatic carbocycles. The molecule has 148 valence electrons. The molecule has 1 unspecified atom stereocenters. The molecule has 2 aromatic rings. The number of pyridine rings is 1. The number of β-amino-alcohol motifs (C(OH)–C–C–N with tert-alkyl or cyclic N) is 1. The molecule has 1 fully saturated rings. The van der Waals surface area contributed by atoms with Gasteiger partial charge in [-0.25, -0.2) is 4.98 Å². The maximum Gasteiger partial charge on any atom is 0.262 e. The summed E-state index contributed by atoms with van der Waals surface area (Å²) in [6.45, 7) is 4.66. The Labute approximate surface area is 164 Å². The van der Waals surface area contributed by atoms with Gasteiger partial charge in [0.25, 0.3) is 5.91 Å². The Balaban J connectivity index is 1.41. The van der Waals surface area contributed by atoms with E-state index in [1.165, 1.54) is 5.56 Å². The van der Waals surface area contributed by atoms with Gasteiger partial charge in [0, 0.05) is 44.6 Å². The first-order valence-electron chi connectivity index (χ1n) is 9.79. The van der Waals surface area contributed by atoms with Gasteiger partial charge in [0.15, 0.2) is 0 Å². The Morgan fingerprint density at radius 3 is 2.86 bits per heavy atom. The molecule has 2 aliphatic rings. The minimum Gasteiger partial charge on any atom is -0.390 e. The number of aliphatic hydroxyl groups is 1. The van der Waals surface area contributed by atoms with E-state index in [2.05, 4.69) is 21.3 Å². The summed E-state index contributed by atoms with van der Waals surface area (Å²) >= 11 is 0. The van der Waals surface area contributed by atoms with Gasteiger partial charge in [-0.15, -0.1) is 0 Å². The molecule has 0 radical (unpaired) electrons. The first-order valence-corrected chi connectivity index (χ1v) is 9.79. The molecule has 28 heavy (non-hydrogen) atoms. The van der Waals surface area contributed by atoms with Gasteiger partial charge in [0.05, 0.1) is 24.9 Å². The SMILES string of the molecule is O=C(c1cccnc1NCC(O)CN1CCOCC1)N1CCc2ccccc21. The van der Waals surface area contributed by atoms with Crippen molar-refractivity contribution >= 4 is 17.4 Å². The van der Waals surface area contributed by atoms with Gasteiger partial charge in [0.1, 0.15) is 5.82 Å². The number of benzene rings is 1. The van der Waals surface area contributed by atoms with Gasteiger partial charge in [0.2, 0.25) is 0 Å². The van der Waals surface area contributed by atoms with Crippen molar-refractivity contribution in [3.8, 4) is 0 Å². The maximum atomic E-state index is 13.2. The number of morpholine rings is 1. The van der Waals surface area contributed by atoms with Gasteiger partial charge in [-0.2, -0.15) is 0 Å². The second-order valence-corrected chi connectivity index (χ2v) is 7.18. The number of hydrogen-bond donors (Lipinski definition) is 2. The Kier molecular flexibility index (Phi) is 5.85. The summed E-state index contributed by atoms with van der Waals surface area (Å²) in [7, 11) is 0. The summed E-state index contributed by atoms with van der Waals surface area (Å²) < 4.78 is 5.34. The van der Waals surface area contributed by atoms with Crippen LogP contribution in [0.2, 0.25) is 0 Å². The van der Waals surface area contributed by atoms with E-state index in [9.17, 15) is 9.90 Å². The number of rotatable bonds is 6. The number of nitrogens with zero attached hydrogens (tertiary/aromatic N) is 3. The summed E-state index contributed by atoms with van der Waals surface area (Å²) in [5.74, 6) is 0.445. The van der Waals surface area contributed by atoms with Crippen molar-refractivity contribution < 1.29 is 14.6 Å². The fraction of sp³-hybridized carbons (Fsp3) is 0.429. The van der Waals surface area contributed by atoms with Crippen LogP contribution in [0.25, 0.3) is 0 Å². The molecule has 4 rings (SSSR count). The average Bonchev–Trinajstić information content (AvgIpc) is 3.17. The Morgan fingerprint density at radius 1 is 1.18 bits per heavy atom. The number of nitrogens with one attached hydrogen (secondary N) is 1. The number of hydrogen-bond acceptors (Lipinski definition) is 6. The number of fused-ring (bicyclic) bond motifs is 1. The third kappa shape index (κ3) is 4.16. The zero-order valence-electron chi connectivity index (χ0n) is 15.9. The molecule has 1 atom stereocenters. The minimum atomic E-state index is -0.546. The summed E-state index contributed by atoms with van der Waals surface area (Å²) in [5.41, 5.74) is 2.68. The van der Waals surface area contributed by atoms with E-state index in [1.54, 1.807) is 18.3 Å². The molecule has 3 heterocycles. The second-order valence-electron chi connectivity index (χ2n) is 7.18. The van der Waals surface area contributed by atoms with Crippen LogP contribution in [-0.2, 0) is 11.2 Å². The van der Waals surface area contributed by atoms with Crippen LogP contribution in [0, 0.1) is 0 Å². The number of para-hydroxylation sites is 1. The molecule has 1 aromatic heterocycles. The van der Waals surface area contributed by atoms with Crippen molar-refractivity contribution in [1.29, 1.82) is 0 Å². The molecule has 7 heteroatoms. The van der Waals surface area contributed by atoms with Gasteiger partial charge in [-0.1, -0.05) is 18.2 Å². The molecule has 0 aliphatic carbocycles. The predicted octanol–water partition coefficient (Wildman–Crippen LogP) is 1.39. The number of amides is 1. The Hall–Kier alpha value is -2.48. The van der Waals surface area contributed by atoms with E-state index in [0.717, 1.165) is 25.2 Å². The zero-order valence-corrected chi connectivity index (χ0v) is 15.9. The highest BCUT2D eigenvalue weighted by Gasteiger charge is 2.27. The number of ether oxygens (including phenoxy) is 1. The first-order chi connectivity index (χ1) is 13.7. The fourth-order valence-corrected chi connectivity index (χ4v) is 3.77. The van der Waals surface area contributed by atoms with Gasteiger partial charge in [-0.3, -0.25) is 9.69 Å². The van der Waals surface area contributed by atoms with Gasteiger partial charge >= 0.3 is 0 Å². The molecule has 1 amide bonds. The lowest BCUT2D eigenvalue weighted by Crippen LogP contribution is -2.42. The molecular weight excluding hydrogens is 356 g/mol. The minimum absolute atomic E-state index is 0.0665. The molecule has 0 bridgehead atoms. The van der Waals surface area contributed by atoms with Gasteiger partial charge in [-0.05, 0) is 30.2 Å². The van der Waals surface area contributed by atoms with Crippen LogP contribution in [0.4, 0.5) is 11.5 Å². The van der Waals surface area contributed by atoms with E-state index in [1.807, 2.05) is 23.1 Å². The van der Waals surface area contributed by atoms with Crippen LogP contribution in [0.15, 0.2) is 42.6 Å². The third-order valence-electron chi connectivity index (χ3n) is 5.25. The van der Waals surface area contributed by atoms with E-state index >= 15 is 0 Å². The molecule has 1 saturated heterocycles. The van der Waals surface area contributed by atoms with Crippen LogP contribution in [0.1, 0.15) is 15.9 Å². The average molecular weight is 382 g/mol. The van der Waals surface area contributed by atoms with Crippen molar-refractivity contribution in [2.75, 3.05) is 56.2 Å². The number of carbonyl (C=O) groups is 1. The normalized spacial score (nSPS) is 18.0. The summed E-state index contributed by atoms with van der Waals surface area (Å²) in [6, 6.07) is 11.6. The molecule has 2 aliphatic heterocycles.